The zero-order valence-corrected chi connectivity index (χ0v) is 16.0. The number of carbonyl (C=O) groups excluding carboxylic acids is 1. The number of carbonyl (C=O) groups is 1. The van der Waals surface area contributed by atoms with Crippen molar-refractivity contribution in [2.24, 2.45) is 17.3 Å². The van der Waals surface area contributed by atoms with Crippen LogP contribution in [-0.4, -0.2) is 5.97 Å². The Morgan fingerprint density at radius 1 is 1.38 bits per heavy atom. The number of allylic oxidation sites excluding steroid dienone is 1. The fraction of sp³-hybridized carbons (Fsp3) is 0.389. The molecule has 0 N–H and O–H groups in total. The molecule has 0 radical (unpaired) electrons. The van der Waals surface area contributed by atoms with Gasteiger partial charge in [0, 0.05) is 5.56 Å². The quantitative estimate of drug-likeness (QED) is 0.426. The maximum absolute atomic E-state index is 13.0. The second kappa shape index (κ2) is 7.34. The molecule has 1 aromatic rings. The lowest BCUT2D eigenvalue weighted by atomic mass is 10.1. The molecule has 0 aliphatic heterocycles. The standard InChI is InChI=1S/C18H14Cl3F3O2/c1-4-13(9-5-6-12(19)10(7-9)18(22,23)24)26-16(25)15-11(8-14(20)21)17(15,2)3/h1,5-8,11,13,15H,2-3H3. The predicted octanol–water partition coefficient (Wildman–Crippen LogP) is 6.17. The topological polar surface area (TPSA) is 26.3 Å². The van der Waals surface area contributed by atoms with Crippen molar-refractivity contribution in [3.63, 3.8) is 0 Å². The number of hydrogen-bond donors (Lipinski definition) is 0. The number of ether oxygens (including phenoxy) is 1. The van der Waals surface area contributed by atoms with E-state index in [1.54, 1.807) is 0 Å². The summed E-state index contributed by atoms with van der Waals surface area (Å²) < 4.78 is 44.3. The highest BCUT2D eigenvalue weighted by Gasteiger charge is 2.62. The van der Waals surface area contributed by atoms with E-state index >= 15 is 0 Å². The van der Waals surface area contributed by atoms with Crippen LogP contribution in [0.3, 0.4) is 0 Å². The van der Waals surface area contributed by atoms with Crippen LogP contribution in [0.25, 0.3) is 0 Å². The molecule has 2 rings (SSSR count). The number of hydrogen-bond acceptors (Lipinski definition) is 2. The lowest BCUT2D eigenvalue weighted by molar-refractivity contribution is -0.149. The molecule has 0 heterocycles. The lowest BCUT2D eigenvalue weighted by Crippen LogP contribution is -2.15. The van der Waals surface area contributed by atoms with Gasteiger partial charge in [-0.2, -0.15) is 13.2 Å². The van der Waals surface area contributed by atoms with Gasteiger partial charge in [-0.15, -0.1) is 6.42 Å². The Balaban J connectivity index is 2.22. The summed E-state index contributed by atoms with van der Waals surface area (Å²) in [5.74, 6) is 0.782. The lowest BCUT2D eigenvalue weighted by Gasteiger charge is -2.16. The van der Waals surface area contributed by atoms with Crippen LogP contribution in [0.5, 0.6) is 0 Å². The summed E-state index contributed by atoms with van der Waals surface area (Å²) in [6.07, 6.45) is 0.969. The highest BCUT2D eigenvalue weighted by molar-refractivity contribution is 6.55. The fourth-order valence-corrected chi connectivity index (χ4v) is 3.38. The summed E-state index contributed by atoms with van der Waals surface area (Å²) in [6, 6.07) is 3.14. The van der Waals surface area contributed by atoms with E-state index in [9.17, 15) is 18.0 Å². The van der Waals surface area contributed by atoms with Gasteiger partial charge in [0.05, 0.1) is 16.5 Å². The van der Waals surface area contributed by atoms with Gasteiger partial charge in [0.2, 0.25) is 0 Å². The van der Waals surface area contributed by atoms with Crippen molar-refractivity contribution in [1.29, 1.82) is 0 Å². The van der Waals surface area contributed by atoms with Crippen molar-refractivity contribution in [3.05, 3.63) is 44.9 Å². The molecule has 1 fully saturated rings. The second-order valence-corrected chi connectivity index (χ2v) is 7.92. The summed E-state index contributed by atoms with van der Waals surface area (Å²) in [5, 5.41) is -0.464. The second-order valence-electron chi connectivity index (χ2n) is 6.50. The van der Waals surface area contributed by atoms with Gasteiger partial charge in [-0.1, -0.05) is 60.6 Å². The number of halogens is 6. The van der Waals surface area contributed by atoms with E-state index in [4.69, 9.17) is 46.0 Å². The predicted molar refractivity (Wildman–Crippen MR) is 94.7 cm³/mol. The van der Waals surface area contributed by atoms with Gasteiger partial charge in [-0.05, 0) is 29.5 Å². The fourth-order valence-electron chi connectivity index (χ4n) is 2.89. The SMILES string of the molecule is C#CC(OC(=O)C1C(C=C(Cl)Cl)C1(C)C)c1ccc(Cl)c(C(F)(F)F)c1. The summed E-state index contributed by atoms with van der Waals surface area (Å²) in [5.41, 5.74) is -1.48. The van der Waals surface area contributed by atoms with Crippen molar-refractivity contribution >= 4 is 40.8 Å². The Morgan fingerprint density at radius 2 is 2.00 bits per heavy atom. The Bertz CT molecular complexity index is 790. The molecule has 1 saturated carbocycles. The van der Waals surface area contributed by atoms with E-state index in [1.165, 1.54) is 12.1 Å². The van der Waals surface area contributed by atoms with E-state index in [2.05, 4.69) is 5.92 Å². The van der Waals surface area contributed by atoms with Gasteiger partial charge in [0.1, 0.15) is 4.49 Å². The zero-order valence-electron chi connectivity index (χ0n) is 13.7. The molecular formula is C18H14Cl3F3O2. The third-order valence-electron chi connectivity index (χ3n) is 4.45. The molecule has 0 bridgehead atoms. The monoisotopic (exact) mass is 424 g/mol. The van der Waals surface area contributed by atoms with E-state index < -0.39 is 40.2 Å². The first-order chi connectivity index (χ1) is 11.9. The van der Waals surface area contributed by atoms with Gasteiger partial charge in [0.25, 0.3) is 0 Å². The molecule has 1 aliphatic rings. The summed E-state index contributed by atoms with van der Waals surface area (Å²) in [4.78, 5) is 12.4. The maximum Gasteiger partial charge on any atom is 0.417 e. The molecule has 0 spiro atoms. The Kier molecular flexibility index (Phi) is 5.92. The van der Waals surface area contributed by atoms with E-state index in [1.807, 2.05) is 13.8 Å². The Labute approximate surface area is 164 Å². The van der Waals surface area contributed by atoms with Crippen LogP contribution < -0.4 is 0 Å². The Morgan fingerprint density at radius 3 is 2.50 bits per heavy atom. The molecule has 8 heteroatoms. The first-order valence-electron chi connectivity index (χ1n) is 7.45. The van der Waals surface area contributed by atoms with Gasteiger partial charge in [-0.3, -0.25) is 4.79 Å². The third-order valence-corrected chi connectivity index (χ3v) is 5.04. The van der Waals surface area contributed by atoms with Crippen molar-refractivity contribution in [3.8, 4) is 12.3 Å². The minimum absolute atomic E-state index is 0.0125. The molecule has 2 nitrogen and oxygen atoms in total. The molecule has 26 heavy (non-hydrogen) atoms. The molecule has 1 aromatic carbocycles. The highest BCUT2D eigenvalue weighted by Crippen LogP contribution is 2.60. The minimum atomic E-state index is -4.65. The van der Waals surface area contributed by atoms with E-state index in [-0.39, 0.29) is 16.0 Å². The van der Waals surface area contributed by atoms with E-state index in [0.717, 1.165) is 12.1 Å². The molecular weight excluding hydrogens is 412 g/mol. The van der Waals surface area contributed by atoms with Crippen LogP contribution in [-0.2, 0) is 15.7 Å². The van der Waals surface area contributed by atoms with Crippen LogP contribution in [0.15, 0.2) is 28.8 Å². The first kappa shape index (κ1) is 21.0. The third kappa shape index (κ3) is 4.31. The summed E-state index contributed by atoms with van der Waals surface area (Å²) >= 11 is 16.9. The molecule has 1 aliphatic carbocycles. The first-order valence-corrected chi connectivity index (χ1v) is 8.59. The van der Waals surface area contributed by atoms with Crippen molar-refractivity contribution in [2.75, 3.05) is 0 Å². The zero-order chi connectivity index (χ0) is 19.9. The number of rotatable bonds is 4. The molecule has 0 saturated heterocycles. The van der Waals surface area contributed by atoms with Gasteiger partial charge in [-0.25, -0.2) is 0 Å². The van der Waals surface area contributed by atoms with Gasteiger partial charge >= 0.3 is 12.1 Å². The molecule has 3 unspecified atom stereocenters. The van der Waals surface area contributed by atoms with E-state index in [0.29, 0.717) is 0 Å². The molecule has 140 valence electrons. The minimum Gasteiger partial charge on any atom is -0.444 e. The smallest absolute Gasteiger partial charge is 0.417 e. The van der Waals surface area contributed by atoms with Crippen molar-refractivity contribution in [2.45, 2.75) is 26.1 Å². The largest absolute Gasteiger partial charge is 0.444 e. The maximum atomic E-state index is 13.0. The highest BCUT2D eigenvalue weighted by atomic mass is 35.5. The number of terminal acetylenes is 1. The van der Waals surface area contributed by atoms with Gasteiger partial charge < -0.3 is 4.74 Å². The van der Waals surface area contributed by atoms with Gasteiger partial charge in [0.15, 0.2) is 6.10 Å². The average molecular weight is 426 g/mol. The molecule has 0 aromatic heterocycles. The normalized spacial score (nSPS) is 22.1. The number of esters is 1. The summed E-state index contributed by atoms with van der Waals surface area (Å²) in [7, 11) is 0. The average Bonchev–Trinajstić information content (AvgIpc) is 3.04. The molecule has 3 atom stereocenters. The van der Waals surface area contributed by atoms with Crippen LogP contribution in [0.2, 0.25) is 5.02 Å². The number of benzene rings is 1. The van der Waals surface area contributed by atoms with Crippen LogP contribution in [0.4, 0.5) is 13.2 Å². The van der Waals surface area contributed by atoms with Crippen LogP contribution in [0, 0.1) is 29.6 Å². The Hall–Kier alpha value is -1.35. The summed E-state index contributed by atoms with van der Waals surface area (Å²) in [6.45, 7) is 3.65. The van der Waals surface area contributed by atoms with Crippen LogP contribution in [0.1, 0.15) is 31.1 Å². The molecule has 0 amide bonds. The van der Waals surface area contributed by atoms with Crippen molar-refractivity contribution in [1.82, 2.24) is 0 Å². The number of alkyl halides is 3. The van der Waals surface area contributed by atoms with Crippen LogP contribution >= 0.6 is 34.8 Å². The van der Waals surface area contributed by atoms with Crippen molar-refractivity contribution < 1.29 is 22.7 Å².